The molecule has 2 N–H and O–H groups in total. The van der Waals surface area contributed by atoms with Crippen molar-refractivity contribution in [3.05, 3.63) is 65.7 Å². The largest absolute Gasteiger partial charge is 0.349 e. The maximum absolute atomic E-state index is 13.0. The van der Waals surface area contributed by atoms with E-state index in [9.17, 15) is 18.0 Å². The topological polar surface area (TPSA) is 95.6 Å². The van der Waals surface area contributed by atoms with Crippen molar-refractivity contribution in [3.63, 3.8) is 0 Å². The highest BCUT2D eigenvalue weighted by atomic mass is 32.2. The molecule has 0 aromatic heterocycles. The maximum atomic E-state index is 13.0. The van der Waals surface area contributed by atoms with Crippen molar-refractivity contribution in [2.24, 2.45) is 0 Å². The summed E-state index contributed by atoms with van der Waals surface area (Å²) in [7, 11) is -3.53. The fourth-order valence-corrected chi connectivity index (χ4v) is 5.55. The van der Waals surface area contributed by atoms with Crippen LogP contribution < -0.4 is 10.0 Å². The van der Waals surface area contributed by atoms with Crippen molar-refractivity contribution < 1.29 is 18.0 Å². The fourth-order valence-electron chi connectivity index (χ4n) is 4.25. The van der Waals surface area contributed by atoms with Gasteiger partial charge in [-0.05, 0) is 61.9 Å². The number of amides is 2. The van der Waals surface area contributed by atoms with Crippen LogP contribution in [0.5, 0.6) is 0 Å². The molecule has 1 heterocycles. The minimum atomic E-state index is -3.53. The van der Waals surface area contributed by atoms with Crippen LogP contribution in [0.3, 0.4) is 0 Å². The van der Waals surface area contributed by atoms with Gasteiger partial charge in [-0.1, -0.05) is 37.3 Å². The van der Waals surface area contributed by atoms with E-state index in [2.05, 4.69) is 10.0 Å². The number of rotatable bonds is 8. The molecule has 2 aromatic carbocycles. The van der Waals surface area contributed by atoms with Crippen LogP contribution in [0.25, 0.3) is 0 Å². The second kappa shape index (κ2) is 10.1. The molecule has 0 radical (unpaired) electrons. The van der Waals surface area contributed by atoms with Crippen LogP contribution in [0.15, 0.2) is 59.5 Å². The lowest BCUT2D eigenvalue weighted by Gasteiger charge is -2.34. The zero-order chi connectivity index (χ0) is 23.4. The van der Waals surface area contributed by atoms with Gasteiger partial charge in [0.1, 0.15) is 0 Å². The number of likely N-dealkylation sites (tertiary alicyclic amines) is 1. The molecule has 2 fully saturated rings. The molecule has 1 atom stereocenters. The molecular formula is C25H31N3O4S. The van der Waals surface area contributed by atoms with Crippen molar-refractivity contribution in [1.29, 1.82) is 0 Å². The molecule has 176 valence electrons. The monoisotopic (exact) mass is 469 g/mol. The van der Waals surface area contributed by atoms with Crippen LogP contribution >= 0.6 is 0 Å². The van der Waals surface area contributed by atoms with Crippen molar-refractivity contribution in [2.75, 3.05) is 13.1 Å². The van der Waals surface area contributed by atoms with Crippen molar-refractivity contribution in [3.8, 4) is 0 Å². The van der Waals surface area contributed by atoms with Gasteiger partial charge in [-0.15, -0.1) is 0 Å². The number of carbonyl (C=O) groups excluding carboxylic acids is 2. The Balaban J connectivity index is 1.29. The molecule has 33 heavy (non-hydrogen) atoms. The quantitative estimate of drug-likeness (QED) is 0.621. The standard InChI is InChI=1S/C25H31N3O4S/c1-2-23(18-6-4-3-5-7-18)25(30)28-16-14-20(15-17-28)26-24(29)19-8-12-22(13-9-19)33(31,32)27-21-10-11-21/h3-9,12-13,20-21,23,27H,2,10-11,14-17H2,1H3,(H,26,29). The molecule has 1 saturated carbocycles. The van der Waals surface area contributed by atoms with E-state index in [1.165, 1.54) is 12.1 Å². The number of hydrogen-bond donors (Lipinski definition) is 2. The van der Waals surface area contributed by atoms with Gasteiger partial charge in [-0.25, -0.2) is 13.1 Å². The number of sulfonamides is 1. The molecule has 2 aromatic rings. The molecule has 2 aliphatic rings. The molecule has 4 rings (SSSR count). The van der Waals surface area contributed by atoms with E-state index in [-0.39, 0.29) is 34.7 Å². The van der Waals surface area contributed by atoms with Gasteiger partial charge in [-0.3, -0.25) is 9.59 Å². The number of nitrogens with one attached hydrogen (secondary N) is 2. The first-order chi connectivity index (χ1) is 15.9. The highest BCUT2D eigenvalue weighted by Crippen LogP contribution is 2.25. The highest BCUT2D eigenvalue weighted by Gasteiger charge is 2.30. The summed E-state index contributed by atoms with van der Waals surface area (Å²) in [6.07, 6.45) is 3.88. The minimum Gasteiger partial charge on any atom is -0.349 e. The van der Waals surface area contributed by atoms with E-state index >= 15 is 0 Å². The van der Waals surface area contributed by atoms with Crippen LogP contribution in [0.4, 0.5) is 0 Å². The summed E-state index contributed by atoms with van der Waals surface area (Å²) in [6, 6.07) is 15.9. The number of hydrogen-bond acceptors (Lipinski definition) is 4. The lowest BCUT2D eigenvalue weighted by atomic mass is 9.93. The highest BCUT2D eigenvalue weighted by molar-refractivity contribution is 7.89. The van der Waals surface area contributed by atoms with Gasteiger partial charge in [0, 0.05) is 30.7 Å². The Hall–Kier alpha value is -2.71. The summed E-state index contributed by atoms with van der Waals surface area (Å²) in [5.74, 6) is -0.221. The number of benzene rings is 2. The van der Waals surface area contributed by atoms with E-state index in [1.807, 2.05) is 42.2 Å². The van der Waals surface area contributed by atoms with Crippen LogP contribution in [0.1, 0.15) is 60.9 Å². The van der Waals surface area contributed by atoms with E-state index in [1.54, 1.807) is 12.1 Å². The summed E-state index contributed by atoms with van der Waals surface area (Å²) >= 11 is 0. The van der Waals surface area contributed by atoms with Crippen LogP contribution in [0, 0.1) is 0 Å². The first kappa shape index (κ1) is 23.4. The van der Waals surface area contributed by atoms with Gasteiger partial charge < -0.3 is 10.2 Å². The Morgan fingerprint density at radius 1 is 0.939 bits per heavy atom. The summed E-state index contributed by atoms with van der Waals surface area (Å²) < 4.78 is 27.2. The smallest absolute Gasteiger partial charge is 0.251 e. The second-order valence-electron chi connectivity index (χ2n) is 8.86. The number of nitrogens with zero attached hydrogens (tertiary/aromatic N) is 1. The summed E-state index contributed by atoms with van der Waals surface area (Å²) in [4.78, 5) is 27.8. The Labute approximate surface area is 195 Å². The normalized spacial score (nSPS) is 18.0. The summed E-state index contributed by atoms with van der Waals surface area (Å²) in [5.41, 5.74) is 1.47. The van der Waals surface area contributed by atoms with Gasteiger partial charge in [0.2, 0.25) is 15.9 Å². The zero-order valence-electron chi connectivity index (χ0n) is 18.9. The molecule has 1 unspecified atom stereocenters. The Morgan fingerprint density at radius 2 is 1.58 bits per heavy atom. The molecule has 1 aliphatic carbocycles. The van der Waals surface area contributed by atoms with Gasteiger partial charge in [-0.2, -0.15) is 0 Å². The van der Waals surface area contributed by atoms with Crippen LogP contribution in [0.2, 0.25) is 0 Å². The van der Waals surface area contributed by atoms with Crippen molar-refractivity contribution in [1.82, 2.24) is 14.9 Å². The zero-order valence-corrected chi connectivity index (χ0v) is 19.7. The molecule has 8 heteroatoms. The van der Waals surface area contributed by atoms with E-state index in [0.717, 1.165) is 24.8 Å². The summed E-state index contributed by atoms with van der Waals surface area (Å²) in [6.45, 7) is 3.25. The van der Waals surface area contributed by atoms with Gasteiger partial charge >= 0.3 is 0 Å². The van der Waals surface area contributed by atoms with E-state index in [0.29, 0.717) is 31.5 Å². The third-order valence-corrected chi connectivity index (χ3v) is 7.91. The molecule has 1 saturated heterocycles. The Kier molecular flexibility index (Phi) is 7.14. The Bertz CT molecular complexity index is 1070. The lowest BCUT2D eigenvalue weighted by Crippen LogP contribution is -2.47. The molecule has 0 bridgehead atoms. The van der Waals surface area contributed by atoms with Crippen LogP contribution in [-0.2, 0) is 14.8 Å². The first-order valence-corrected chi connectivity index (χ1v) is 13.1. The fraction of sp³-hybridized carbons (Fsp3) is 0.440. The predicted octanol–water partition coefficient (Wildman–Crippen LogP) is 3.04. The average Bonchev–Trinajstić information content (AvgIpc) is 3.64. The van der Waals surface area contributed by atoms with Crippen molar-refractivity contribution >= 4 is 21.8 Å². The van der Waals surface area contributed by atoms with Gasteiger partial charge in [0.05, 0.1) is 10.8 Å². The average molecular weight is 470 g/mol. The molecular weight excluding hydrogens is 438 g/mol. The molecule has 0 spiro atoms. The SMILES string of the molecule is CCC(C(=O)N1CCC(NC(=O)c2ccc(S(=O)(=O)NC3CC3)cc2)CC1)c1ccccc1. The third kappa shape index (κ3) is 5.81. The first-order valence-electron chi connectivity index (χ1n) is 11.6. The van der Waals surface area contributed by atoms with E-state index < -0.39 is 10.0 Å². The molecule has 7 nitrogen and oxygen atoms in total. The predicted molar refractivity (Wildman–Crippen MR) is 126 cm³/mol. The number of piperidine rings is 1. The van der Waals surface area contributed by atoms with Gasteiger partial charge in [0.25, 0.3) is 5.91 Å². The van der Waals surface area contributed by atoms with Gasteiger partial charge in [0.15, 0.2) is 0 Å². The molecule has 2 amide bonds. The maximum Gasteiger partial charge on any atom is 0.251 e. The molecule has 1 aliphatic heterocycles. The third-order valence-electron chi connectivity index (χ3n) is 6.38. The van der Waals surface area contributed by atoms with Crippen molar-refractivity contribution in [2.45, 2.75) is 61.9 Å². The Morgan fingerprint density at radius 3 is 2.15 bits per heavy atom. The van der Waals surface area contributed by atoms with E-state index in [4.69, 9.17) is 0 Å². The number of carbonyl (C=O) groups is 2. The minimum absolute atomic E-state index is 0.0155. The second-order valence-corrected chi connectivity index (χ2v) is 10.6. The van der Waals surface area contributed by atoms with Crippen LogP contribution in [-0.4, -0.2) is 50.3 Å². The summed E-state index contributed by atoms with van der Waals surface area (Å²) in [5, 5.41) is 3.03. The lowest BCUT2D eigenvalue weighted by molar-refractivity contribution is -0.134.